The SMILES string of the molecule is CC1(C)[C@H]2CC[C@@]1(C)[C@@H](N(CCO)CCO)[C@@H]2NCCO. The van der Waals surface area contributed by atoms with E-state index in [0.29, 0.717) is 37.6 Å². The molecule has 0 aliphatic heterocycles. The highest BCUT2D eigenvalue weighted by molar-refractivity contribution is 5.20. The molecule has 0 aromatic rings. The Morgan fingerprint density at radius 1 is 1.05 bits per heavy atom. The molecule has 124 valence electrons. The van der Waals surface area contributed by atoms with E-state index in [1.54, 1.807) is 0 Å². The van der Waals surface area contributed by atoms with Gasteiger partial charge in [0.15, 0.2) is 0 Å². The molecule has 2 bridgehead atoms. The highest BCUT2D eigenvalue weighted by atomic mass is 16.3. The molecule has 2 aliphatic carbocycles. The molecular weight excluding hydrogens is 268 g/mol. The normalized spacial score (nSPS) is 37.6. The first-order valence-electron chi connectivity index (χ1n) is 8.24. The quantitative estimate of drug-likeness (QED) is 0.510. The highest BCUT2D eigenvalue weighted by Gasteiger charge is 2.66. The van der Waals surface area contributed by atoms with Crippen LogP contribution in [0.5, 0.6) is 0 Å². The summed E-state index contributed by atoms with van der Waals surface area (Å²) in [7, 11) is 0. The average Bonchev–Trinajstić information content (AvgIpc) is 2.75. The van der Waals surface area contributed by atoms with E-state index in [2.05, 4.69) is 31.0 Å². The first-order valence-corrected chi connectivity index (χ1v) is 8.24. The van der Waals surface area contributed by atoms with Gasteiger partial charge in [0.25, 0.3) is 0 Å². The third kappa shape index (κ3) is 2.63. The predicted octanol–water partition coefficient (Wildman–Crippen LogP) is 0.0482. The fourth-order valence-electron chi connectivity index (χ4n) is 5.10. The lowest BCUT2D eigenvalue weighted by molar-refractivity contribution is 0.0146. The van der Waals surface area contributed by atoms with Gasteiger partial charge >= 0.3 is 0 Å². The van der Waals surface area contributed by atoms with Crippen LogP contribution in [0.1, 0.15) is 33.6 Å². The summed E-state index contributed by atoms with van der Waals surface area (Å²) in [6, 6.07) is 0.626. The smallest absolute Gasteiger partial charge is 0.0558 e. The molecule has 2 fully saturated rings. The van der Waals surface area contributed by atoms with Crippen LogP contribution in [-0.2, 0) is 0 Å². The molecule has 5 nitrogen and oxygen atoms in total. The van der Waals surface area contributed by atoms with Crippen LogP contribution >= 0.6 is 0 Å². The predicted molar refractivity (Wildman–Crippen MR) is 83.0 cm³/mol. The summed E-state index contributed by atoms with van der Waals surface area (Å²) < 4.78 is 0. The van der Waals surface area contributed by atoms with Crippen LogP contribution in [0.4, 0.5) is 0 Å². The number of hydrogen-bond acceptors (Lipinski definition) is 5. The number of fused-ring (bicyclic) bond motifs is 2. The molecular formula is C16H32N2O3. The van der Waals surface area contributed by atoms with Crippen LogP contribution in [0.2, 0.25) is 0 Å². The maximum Gasteiger partial charge on any atom is 0.0558 e. The Hall–Kier alpha value is -0.200. The summed E-state index contributed by atoms with van der Waals surface area (Å²) >= 11 is 0. The number of hydrogen-bond donors (Lipinski definition) is 4. The minimum Gasteiger partial charge on any atom is -0.395 e. The minimum absolute atomic E-state index is 0.115. The van der Waals surface area contributed by atoms with E-state index in [1.165, 1.54) is 12.8 Å². The van der Waals surface area contributed by atoms with E-state index >= 15 is 0 Å². The molecule has 4 atom stereocenters. The van der Waals surface area contributed by atoms with Crippen molar-refractivity contribution in [2.45, 2.75) is 45.7 Å². The molecule has 0 spiro atoms. The number of nitrogens with one attached hydrogen (secondary N) is 1. The van der Waals surface area contributed by atoms with Crippen LogP contribution < -0.4 is 5.32 Å². The largest absolute Gasteiger partial charge is 0.395 e. The van der Waals surface area contributed by atoms with Crippen molar-refractivity contribution in [3.05, 3.63) is 0 Å². The second-order valence-electron chi connectivity index (χ2n) is 7.42. The lowest BCUT2D eigenvalue weighted by atomic mass is 9.68. The number of rotatable bonds is 8. The summed E-state index contributed by atoms with van der Waals surface area (Å²) in [5.74, 6) is 0.582. The van der Waals surface area contributed by atoms with Gasteiger partial charge in [-0.3, -0.25) is 4.90 Å². The van der Waals surface area contributed by atoms with Gasteiger partial charge in [0, 0.05) is 31.7 Å². The van der Waals surface area contributed by atoms with Crippen molar-refractivity contribution < 1.29 is 15.3 Å². The van der Waals surface area contributed by atoms with Crippen molar-refractivity contribution in [1.82, 2.24) is 10.2 Å². The van der Waals surface area contributed by atoms with Gasteiger partial charge in [-0.2, -0.15) is 0 Å². The van der Waals surface area contributed by atoms with E-state index in [-0.39, 0.29) is 30.7 Å². The van der Waals surface area contributed by atoms with Crippen LogP contribution in [0.25, 0.3) is 0 Å². The molecule has 0 aromatic heterocycles. The molecule has 2 aliphatic rings. The van der Waals surface area contributed by atoms with Crippen molar-refractivity contribution >= 4 is 0 Å². The third-order valence-electron chi connectivity index (χ3n) is 6.46. The van der Waals surface area contributed by atoms with E-state index in [1.807, 2.05) is 0 Å². The zero-order valence-corrected chi connectivity index (χ0v) is 13.7. The first kappa shape index (κ1) is 17.2. The van der Waals surface area contributed by atoms with Crippen molar-refractivity contribution in [2.24, 2.45) is 16.7 Å². The zero-order valence-electron chi connectivity index (χ0n) is 13.7. The first-order chi connectivity index (χ1) is 9.94. The molecule has 0 amide bonds. The van der Waals surface area contributed by atoms with Gasteiger partial charge in [-0.25, -0.2) is 0 Å². The van der Waals surface area contributed by atoms with Gasteiger partial charge in [-0.15, -0.1) is 0 Å². The van der Waals surface area contributed by atoms with Gasteiger partial charge in [0.1, 0.15) is 0 Å². The maximum atomic E-state index is 9.39. The second kappa shape index (κ2) is 6.50. The molecule has 2 saturated carbocycles. The highest BCUT2D eigenvalue weighted by Crippen LogP contribution is 2.66. The van der Waals surface area contributed by atoms with E-state index in [4.69, 9.17) is 5.11 Å². The molecule has 4 N–H and O–H groups in total. The number of nitrogens with zero attached hydrogens (tertiary/aromatic N) is 1. The molecule has 0 unspecified atom stereocenters. The monoisotopic (exact) mass is 300 g/mol. The molecule has 5 heteroatoms. The minimum atomic E-state index is 0.115. The van der Waals surface area contributed by atoms with Crippen LogP contribution in [-0.4, -0.2) is 71.8 Å². The number of aliphatic hydroxyl groups excluding tert-OH is 3. The molecule has 0 radical (unpaired) electrons. The molecule has 0 saturated heterocycles. The van der Waals surface area contributed by atoms with Crippen LogP contribution in [0.15, 0.2) is 0 Å². The fourth-order valence-corrected chi connectivity index (χ4v) is 5.10. The number of aliphatic hydroxyl groups is 3. The average molecular weight is 300 g/mol. The summed E-state index contributed by atoms with van der Waals surface area (Å²) in [6.07, 6.45) is 2.41. The summed E-state index contributed by atoms with van der Waals surface area (Å²) in [5.41, 5.74) is 0.406. The Labute approximate surface area is 128 Å². The lowest BCUT2D eigenvalue weighted by Crippen LogP contribution is -2.58. The Kier molecular flexibility index (Phi) is 5.31. The Morgan fingerprint density at radius 3 is 2.19 bits per heavy atom. The Morgan fingerprint density at radius 2 is 1.67 bits per heavy atom. The van der Waals surface area contributed by atoms with Crippen molar-refractivity contribution in [1.29, 1.82) is 0 Å². The van der Waals surface area contributed by atoms with E-state index in [0.717, 1.165) is 0 Å². The van der Waals surface area contributed by atoms with Gasteiger partial charge in [0.05, 0.1) is 19.8 Å². The van der Waals surface area contributed by atoms with Crippen LogP contribution in [0.3, 0.4) is 0 Å². The van der Waals surface area contributed by atoms with E-state index < -0.39 is 0 Å². The summed E-state index contributed by atoms with van der Waals surface area (Å²) in [4.78, 5) is 2.25. The van der Waals surface area contributed by atoms with Gasteiger partial charge in [-0.05, 0) is 29.6 Å². The van der Waals surface area contributed by atoms with Crippen molar-refractivity contribution in [3.8, 4) is 0 Å². The molecule has 2 rings (SSSR count). The van der Waals surface area contributed by atoms with Gasteiger partial charge in [0.2, 0.25) is 0 Å². The fraction of sp³-hybridized carbons (Fsp3) is 1.00. The topological polar surface area (TPSA) is 76.0 Å². The lowest BCUT2D eigenvalue weighted by Gasteiger charge is -2.46. The van der Waals surface area contributed by atoms with Crippen molar-refractivity contribution in [2.75, 3.05) is 39.5 Å². The maximum absolute atomic E-state index is 9.39. The molecule has 21 heavy (non-hydrogen) atoms. The summed E-state index contributed by atoms with van der Waals surface area (Å²) in [6.45, 7) is 9.25. The van der Waals surface area contributed by atoms with Gasteiger partial charge in [-0.1, -0.05) is 20.8 Å². The van der Waals surface area contributed by atoms with Gasteiger partial charge < -0.3 is 20.6 Å². The zero-order chi connectivity index (χ0) is 15.7. The summed E-state index contributed by atoms with van der Waals surface area (Å²) in [5, 5.41) is 31.5. The van der Waals surface area contributed by atoms with Crippen molar-refractivity contribution in [3.63, 3.8) is 0 Å². The van der Waals surface area contributed by atoms with E-state index in [9.17, 15) is 10.2 Å². The standard InChI is InChI=1S/C16H32N2O3/c1-15(2)12-4-5-16(15,3)14(13(12)17-6-9-19)18(7-10-20)8-11-21/h12-14,17,19-21H,4-11H2,1-3H3/t12-,13+,14-,16-/m0/s1. The molecule has 0 heterocycles. The second-order valence-corrected chi connectivity index (χ2v) is 7.42. The van der Waals surface area contributed by atoms with Crippen LogP contribution in [0, 0.1) is 16.7 Å². The Balaban J connectivity index is 2.29. The third-order valence-corrected chi connectivity index (χ3v) is 6.46. The Bertz CT molecular complexity index is 344. The molecule has 0 aromatic carbocycles.